The molecular formula is C15H12BrCl2FMgO2. The predicted octanol–water partition coefficient (Wildman–Crippen LogP) is 0.632. The fourth-order valence-corrected chi connectivity index (χ4v) is 2.70. The Bertz CT molecular complexity index is 656. The van der Waals surface area contributed by atoms with Gasteiger partial charge < -0.3 is 22.3 Å². The van der Waals surface area contributed by atoms with Crippen molar-refractivity contribution in [1.82, 2.24) is 0 Å². The van der Waals surface area contributed by atoms with Gasteiger partial charge in [0.2, 0.25) is 0 Å². The number of benzene rings is 2. The third-order valence-corrected chi connectivity index (χ3v) is 4.00. The average Bonchev–Trinajstić information content (AvgIpc) is 2.43. The van der Waals surface area contributed by atoms with Crippen LogP contribution >= 0.6 is 27.5 Å². The van der Waals surface area contributed by atoms with Crippen LogP contribution < -0.4 is 22.3 Å². The molecule has 2 rings (SSSR count). The molecule has 7 heteroatoms. The minimum absolute atomic E-state index is 0. The number of halogens is 4. The normalized spacial score (nSPS) is 11.2. The van der Waals surface area contributed by atoms with Crippen LogP contribution in [0, 0.1) is 12.7 Å². The van der Waals surface area contributed by atoms with Crippen molar-refractivity contribution < 1.29 is 26.6 Å². The van der Waals surface area contributed by atoms with Crippen LogP contribution in [-0.4, -0.2) is 30.2 Å². The molecule has 0 aliphatic carbocycles. The SMILES string of the molecule is COc1cc(C)c(C([O-])c2cccc(Cl)c2F)cc1Br.[Cl-].[Mg+2]. The molecule has 0 saturated carbocycles. The predicted molar refractivity (Wildman–Crippen MR) is 84.4 cm³/mol. The van der Waals surface area contributed by atoms with Crippen molar-refractivity contribution in [2.45, 2.75) is 13.0 Å². The summed E-state index contributed by atoms with van der Waals surface area (Å²) in [6.07, 6.45) is -1.34. The minimum atomic E-state index is -1.34. The van der Waals surface area contributed by atoms with E-state index in [1.807, 2.05) is 0 Å². The monoisotopic (exact) mass is 416 g/mol. The summed E-state index contributed by atoms with van der Waals surface area (Å²) in [5, 5.41) is 12.5. The molecule has 2 aromatic carbocycles. The van der Waals surface area contributed by atoms with E-state index >= 15 is 0 Å². The number of hydrogen-bond acceptors (Lipinski definition) is 2. The zero-order chi connectivity index (χ0) is 14.9. The second kappa shape index (κ2) is 9.30. The van der Waals surface area contributed by atoms with Crippen LogP contribution in [0.4, 0.5) is 4.39 Å². The molecule has 114 valence electrons. The van der Waals surface area contributed by atoms with E-state index in [4.69, 9.17) is 16.3 Å². The quantitative estimate of drug-likeness (QED) is 0.686. The Balaban J connectivity index is 0.00000220. The molecule has 0 N–H and O–H groups in total. The number of methoxy groups -OCH3 is 1. The maximum absolute atomic E-state index is 13.9. The molecular weight excluding hydrogens is 406 g/mol. The Morgan fingerprint density at radius 2 is 1.91 bits per heavy atom. The van der Waals surface area contributed by atoms with E-state index in [-0.39, 0.29) is 46.0 Å². The van der Waals surface area contributed by atoms with Gasteiger partial charge in [-0.3, -0.25) is 0 Å². The van der Waals surface area contributed by atoms with Gasteiger partial charge in [-0.2, -0.15) is 0 Å². The third kappa shape index (κ3) is 4.49. The molecule has 1 unspecified atom stereocenters. The van der Waals surface area contributed by atoms with Crippen LogP contribution in [0.5, 0.6) is 5.75 Å². The van der Waals surface area contributed by atoms with Crippen molar-refractivity contribution in [3.05, 3.63) is 62.3 Å². The van der Waals surface area contributed by atoms with Gasteiger partial charge in [0.05, 0.1) is 16.6 Å². The summed E-state index contributed by atoms with van der Waals surface area (Å²) >= 11 is 9.05. The van der Waals surface area contributed by atoms with Crippen molar-refractivity contribution in [3.63, 3.8) is 0 Å². The summed E-state index contributed by atoms with van der Waals surface area (Å²) in [7, 11) is 1.55. The van der Waals surface area contributed by atoms with Crippen LogP contribution in [0.25, 0.3) is 0 Å². The summed E-state index contributed by atoms with van der Waals surface area (Å²) in [6, 6.07) is 7.85. The molecule has 0 heterocycles. The summed E-state index contributed by atoms with van der Waals surface area (Å²) in [4.78, 5) is 0. The second-order valence-electron chi connectivity index (χ2n) is 4.37. The molecule has 0 aromatic heterocycles. The molecule has 1 atom stereocenters. The first-order valence-electron chi connectivity index (χ1n) is 5.89. The summed E-state index contributed by atoms with van der Waals surface area (Å²) in [6.45, 7) is 1.79. The first-order valence-corrected chi connectivity index (χ1v) is 7.06. The van der Waals surface area contributed by atoms with E-state index in [0.717, 1.165) is 5.56 Å². The number of hydrogen-bond donors (Lipinski definition) is 0. The molecule has 0 spiro atoms. The van der Waals surface area contributed by atoms with Gasteiger partial charge >= 0.3 is 23.1 Å². The van der Waals surface area contributed by atoms with Crippen molar-refractivity contribution in [2.24, 2.45) is 0 Å². The average molecular weight is 418 g/mol. The van der Waals surface area contributed by atoms with Gasteiger partial charge in [0.1, 0.15) is 11.6 Å². The Kier molecular flexibility index (Phi) is 9.28. The molecule has 22 heavy (non-hydrogen) atoms. The summed E-state index contributed by atoms with van der Waals surface area (Å²) < 4.78 is 19.8. The van der Waals surface area contributed by atoms with Crippen molar-refractivity contribution in [3.8, 4) is 5.75 Å². The minimum Gasteiger partial charge on any atom is -1.00 e. The van der Waals surface area contributed by atoms with Crippen molar-refractivity contribution >= 4 is 50.6 Å². The number of aryl methyl sites for hydroxylation is 1. The van der Waals surface area contributed by atoms with Gasteiger partial charge in [-0.05, 0) is 52.2 Å². The fourth-order valence-electron chi connectivity index (χ4n) is 2.00. The topological polar surface area (TPSA) is 32.3 Å². The van der Waals surface area contributed by atoms with Crippen molar-refractivity contribution in [1.29, 1.82) is 0 Å². The smallest absolute Gasteiger partial charge is 1.00 e. The summed E-state index contributed by atoms with van der Waals surface area (Å²) in [5.74, 6) is -0.0366. The molecule has 0 aliphatic heterocycles. The number of rotatable bonds is 3. The van der Waals surface area contributed by atoms with E-state index in [2.05, 4.69) is 15.9 Å². The van der Waals surface area contributed by atoms with Crippen LogP contribution in [-0.2, 0) is 0 Å². The van der Waals surface area contributed by atoms with Crippen LogP contribution in [0.15, 0.2) is 34.8 Å². The molecule has 0 amide bonds. The van der Waals surface area contributed by atoms with Crippen LogP contribution in [0.3, 0.4) is 0 Å². The second-order valence-corrected chi connectivity index (χ2v) is 5.63. The Labute approximate surface area is 164 Å². The van der Waals surface area contributed by atoms with Gasteiger partial charge in [-0.25, -0.2) is 4.39 Å². The van der Waals surface area contributed by atoms with Gasteiger partial charge in [0.25, 0.3) is 0 Å². The van der Waals surface area contributed by atoms with E-state index in [9.17, 15) is 9.50 Å². The van der Waals surface area contributed by atoms with E-state index in [1.165, 1.54) is 12.1 Å². The Morgan fingerprint density at radius 3 is 2.50 bits per heavy atom. The molecule has 2 aromatic rings. The van der Waals surface area contributed by atoms with E-state index in [0.29, 0.717) is 15.8 Å². The molecule has 0 radical (unpaired) electrons. The van der Waals surface area contributed by atoms with Crippen molar-refractivity contribution in [2.75, 3.05) is 7.11 Å². The van der Waals surface area contributed by atoms with E-state index in [1.54, 1.807) is 32.2 Å². The van der Waals surface area contributed by atoms with E-state index < -0.39 is 11.9 Å². The maximum Gasteiger partial charge on any atom is 2.00 e. The third-order valence-electron chi connectivity index (χ3n) is 3.09. The molecule has 0 fully saturated rings. The number of ether oxygens (including phenoxy) is 1. The van der Waals surface area contributed by atoms with Gasteiger partial charge in [0.15, 0.2) is 0 Å². The first-order chi connectivity index (χ1) is 9.45. The fraction of sp³-hybridized carbons (Fsp3) is 0.200. The molecule has 0 aliphatic rings. The Morgan fingerprint density at radius 1 is 1.27 bits per heavy atom. The zero-order valence-corrected chi connectivity index (χ0v) is 16.5. The standard InChI is InChI=1S/C15H12BrClFO2.ClH.Mg/c1-8-6-13(20-2)11(16)7-10(8)15(19)9-4-3-5-12(17)14(9)18;;/h3-7,15H,1-2H3;1H;/q-1;;+2/p-1. The van der Waals surface area contributed by atoms with Gasteiger partial charge in [-0.15, -0.1) is 0 Å². The molecule has 2 nitrogen and oxygen atoms in total. The summed E-state index contributed by atoms with van der Waals surface area (Å²) in [5.41, 5.74) is 1.26. The largest absolute Gasteiger partial charge is 2.00 e. The van der Waals surface area contributed by atoms with Gasteiger partial charge in [-0.1, -0.05) is 35.4 Å². The maximum atomic E-state index is 13.9. The first kappa shape index (κ1) is 22.0. The van der Waals surface area contributed by atoms with Crippen LogP contribution in [0.1, 0.15) is 22.8 Å². The van der Waals surface area contributed by atoms with Crippen LogP contribution in [0.2, 0.25) is 5.02 Å². The molecule has 0 bridgehead atoms. The zero-order valence-electron chi connectivity index (χ0n) is 12.0. The van der Waals surface area contributed by atoms with Gasteiger partial charge in [0, 0.05) is 0 Å². The Hall–Kier alpha value is -0.0438. The molecule has 0 saturated heterocycles.